The van der Waals surface area contributed by atoms with E-state index in [1.807, 2.05) is 32.0 Å². The van der Waals surface area contributed by atoms with Crippen molar-refractivity contribution in [1.29, 1.82) is 0 Å². The number of nitrogens with one attached hydrogen (secondary N) is 1. The van der Waals surface area contributed by atoms with Crippen LogP contribution in [0.1, 0.15) is 18.1 Å². The first-order chi connectivity index (χ1) is 12.5. The van der Waals surface area contributed by atoms with Gasteiger partial charge in [-0.25, -0.2) is 9.97 Å². The third kappa shape index (κ3) is 3.89. The van der Waals surface area contributed by atoms with Crippen LogP contribution >= 0.6 is 23.2 Å². The van der Waals surface area contributed by atoms with E-state index in [1.54, 1.807) is 12.1 Å². The number of fused-ring (bicyclic) bond motifs is 1. The number of hydrogen-bond donors (Lipinski definition) is 1. The molecule has 1 N–H and O–H groups in total. The molecule has 0 saturated heterocycles. The summed E-state index contributed by atoms with van der Waals surface area (Å²) < 4.78 is 5.60. The first-order valence-electron chi connectivity index (χ1n) is 8.10. The maximum atomic E-state index is 12.3. The standard InChI is InChI=1S/C19H17Cl2N3O2/c1-3-12-6-4-5-11(2)17(12)24-16(25)9-26-19-14-7-13(20)8-15(21)18(14)22-10-23-19/h4-8,10H,3,9H2,1-2H3,(H,24,25). The lowest BCUT2D eigenvalue weighted by Gasteiger charge is -2.13. The van der Waals surface area contributed by atoms with Crippen molar-refractivity contribution in [2.45, 2.75) is 20.3 Å². The molecule has 0 bridgehead atoms. The normalized spacial score (nSPS) is 10.8. The van der Waals surface area contributed by atoms with Crippen LogP contribution in [-0.2, 0) is 11.2 Å². The molecule has 1 amide bonds. The van der Waals surface area contributed by atoms with Gasteiger partial charge in [-0.1, -0.05) is 48.3 Å². The number of ether oxygens (including phenoxy) is 1. The topological polar surface area (TPSA) is 64.1 Å². The molecule has 7 heteroatoms. The second-order valence-corrected chi connectivity index (χ2v) is 6.61. The van der Waals surface area contributed by atoms with E-state index >= 15 is 0 Å². The Bertz CT molecular complexity index is 976. The Morgan fingerprint density at radius 1 is 1.23 bits per heavy atom. The lowest BCUT2D eigenvalue weighted by atomic mass is 10.1. The van der Waals surface area contributed by atoms with Crippen LogP contribution in [0.2, 0.25) is 10.0 Å². The summed E-state index contributed by atoms with van der Waals surface area (Å²) in [5.74, 6) is -0.0102. The highest BCUT2D eigenvalue weighted by Gasteiger charge is 2.13. The molecule has 0 aliphatic rings. The second-order valence-electron chi connectivity index (χ2n) is 5.76. The van der Waals surface area contributed by atoms with Crippen LogP contribution in [0, 0.1) is 6.92 Å². The molecular weight excluding hydrogens is 373 g/mol. The van der Waals surface area contributed by atoms with Gasteiger partial charge in [-0.2, -0.15) is 0 Å². The van der Waals surface area contributed by atoms with Crippen LogP contribution in [0.5, 0.6) is 5.88 Å². The summed E-state index contributed by atoms with van der Waals surface area (Å²) in [6, 6.07) is 9.18. The molecule has 0 saturated carbocycles. The Balaban J connectivity index is 1.78. The number of anilines is 1. The fraction of sp³-hybridized carbons (Fsp3) is 0.211. The molecule has 0 unspecified atom stereocenters. The third-order valence-corrected chi connectivity index (χ3v) is 4.47. The zero-order valence-electron chi connectivity index (χ0n) is 14.3. The highest BCUT2D eigenvalue weighted by atomic mass is 35.5. The van der Waals surface area contributed by atoms with Gasteiger partial charge < -0.3 is 10.1 Å². The van der Waals surface area contributed by atoms with Gasteiger partial charge in [-0.15, -0.1) is 0 Å². The number of amides is 1. The SMILES string of the molecule is CCc1cccc(C)c1NC(=O)COc1ncnc2c(Cl)cc(Cl)cc12. The van der Waals surface area contributed by atoms with Crippen LogP contribution in [-0.4, -0.2) is 22.5 Å². The van der Waals surface area contributed by atoms with Crippen LogP contribution in [0.25, 0.3) is 10.9 Å². The smallest absolute Gasteiger partial charge is 0.262 e. The fourth-order valence-corrected chi connectivity index (χ4v) is 3.24. The fourth-order valence-electron chi connectivity index (χ4n) is 2.70. The molecule has 5 nitrogen and oxygen atoms in total. The number of aromatic nitrogens is 2. The van der Waals surface area contributed by atoms with Crippen LogP contribution in [0.3, 0.4) is 0 Å². The van der Waals surface area contributed by atoms with E-state index in [9.17, 15) is 4.79 Å². The number of rotatable bonds is 5. The predicted octanol–water partition coefficient (Wildman–Crippen LogP) is 4.82. The lowest BCUT2D eigenvalue weighted by molar-refractivity contribution is -0.118. The van der Waals surface area contributed by atoms with Gasteiger partial charge in [0.2, 0.25) is 5.88 Å². The Hall–Kier alpha value is -2.37. The first-order valence-corrected chi connectivity index (χ1v) is 8.86. The summed E-state index contributed by atoms with van der Waals surface area (Å²) in [6.45, 7) is 3.81. The minimum absolute atomic E-state index is 0.187. The Morgan fingerprint density at radius 3 is 2.81 bits per heavy atom. The molecule has 3 aromatic rings. The number of aryl methyl sites for hydroxylation is 2. The van der Waals surface area contributed by atoms with E-state index in [1.165, 1.54) is 6.33 Å². The number of carbonyl (C=O) groups excluding carboxylic acids is 1. The van der Waals surface area contributed by atoms with Crippen molar-refractivity contribution < 1.29 is 9.53 Å². The lowest BCUT2D eigenvalue weighted by Crippen LogP contribution is -2.22. The molecule has 0 aliphatic heterocycles. The van der Waals surface area contributed by atoms with Crippen LogP contribution < -0.4 is 10.1 Å². The van der Waals surface area contributed by atoms with E-state index in [4.69, 9.17) is 27.9 Å². The number of nitrogens with zero attached hydrogens (tertiary/aromatic N) is 2. The minimum atomic E-state index is -0.270. The predicted molar refractivity (Wildman–Crippen MR) is 104 cm³/mol. The van der Waals surface area contributed by atoms with Crippen LogP contribution in [0.15, 0.2) is 36.7 Å². The zero-order valence-corrected chi connectivity index (χ0v) is 15.9. The molecule has 0 atom stereocenters. The molecular formula is C19H17Cl2N3O2. The second kappa shape index (κ2) is 7.89. The molecule has 3 rings (SSSR count). The highest BCUT2D eigenvalue weighted by Crippen LogP contribution is 2.30. The van der Waals surface area contributed by atoms with Crippen molar-refractivity contribution >= 4 is 45.7 Å². The van der Waals surface area contributed by atoms with Gasteiger partial charge in [0.15, 0.2) is 6.61 Å². The van der Waals surface area contributed by atoms with Crippen molar-refractivity contribution in [1.82, 2.24) is 9.97 Å². The molecule has 1 heterocycles. The highest BCUT2D eigenvalue weighted by molar-refractivity contribution is 6.38. The average molecular weight is 390 g/mol. The number of benzene rings is 2. The van der Waals surface area contributed by atoms with Crippen molar-refractivity contribution in [3.05, 3.63) is 57.8 Å². The van der Waals surface area contributed by atoms with Gasteiger partial charge >= 0.3 is 0 Å². The van der Waals surface area contributed by atoms with Crippen molar-refractivity contribution in [3.63, 3.8) is 0 Å². The molecule has 134 valence electrons. The molecule has 0 fully saturated rings. The number of hydrogen-bond acceptors (Lipinski definition) is 4. The van der Waals surface area contributed by atoms with Crippen molar-refractivity contribution in [2.24, 2.45) is 0 Å². The van der Waals surface area contributed by atoms with Gasteiger partial charge in [0.25, 0.3) is 5.91 Å². The third-order valence-electron chi connectivity index (χ3n) is 3.96. The minimum Gasteiger partial charge on any atom is -0.467 e. The van der Waals surface area contributed by atoms with Gasteiger partial charge in [0.1, 0.15) is 6.33 Å². The van der Waals surface area contributed by atoms with Crippen molar-refractivity contribution in [2.75, 3.05) is 11.9 Å². The number of carbonyl (C=O) groups is 1. The van der Waals surface area contributed by atoms with Gasteiger partial charge in [-0.3, -0.25) is 4.79 Å². The molecule has 1 aromatic heterocycles. The summed E-state index contributed by atoms with van der Waals surface area (Å²) in [5.41, 5.74) is 3.42. The van der Waals surface area contributed by atoms with E-state index < -0.39 is 0 Å². The maximum Gasteiger partial charge on any atom is 0.262 e. The summed E-state index contributed by atoms with van der Waals surface area (Å²) in [5, 5.41) is 4.31. The first kappa shape index (κ1) is 18.4. The van der Waals surface area contributed by atoms with Gasteiger partial charge in [0, 0.05) is 10.7 Å². The Kier molecular flexibility index (Phi) is 5.59. The quantitative estimate of drug-likeness (QED) is 0.678. The average Bonchev–Trinajstić information content (AvgIpc) is 2.61. The summed E-state index contributed by atoms with van der Waals surface area (Å²) in [4.78, 5) is 20.6. The summed E-state index contributed by atoms with van der Waals surface area (Å²) in [7, 11) is 0. The molecule has 0 radical (unpaired) electrons. The number of halogens is 2. The molecule has 0 spiro atoms. The van der Waals surface area contributed by atoms with Gasteiger partial charge in [0.05, 0.1) is 15.9 Å². The Morgan fingerprint density at radius 2 is 2.04 bits per heavy atom. The number of para-hydroxylation sites is 1. The summed E-state index contributed by atoms with van der Waals surface area (Å²) in [6.07, 6.45) is 2.16. The molecule has 0 aliphatic carbocycles. The monoisotopic (exact) mass is 389 g/mol. The molecule has 2 aromatic carbocycles. The van der Waals surface area contributed by atoms with E-state index in [0.29, 0.717) is 20.9 Å². The summed E-state index contributed by atoms with van der Waals surface area (Å²) >= 11 is 12.2. The Labute approximate surface area is 161 Å². The van der Waals surface area contributed by atoms with E-state index in [0.717, 1.165) is 23.2 Å². The van der Waals surface area contributed by atoms with Crippen LogP contribution in [0.4, 0.5) is 5.69 Å². The maximum absolute atomic E-state index is 12.3. The van der Waals surface area contributed by atoms with E-state index in [2.05, 4.69) is 15.3 Å². The van der Waals surface area contributed by atoms with Crippen molar-refractivity contribution in [3.8, 4) is 5.88 Å². The zero-order chi connectivity index (χ0) is 18.7. The van der Waals surface area contributed by atoms with Gasteiger partial charge in [-0.05, 0) is 36.6 Å². The molecule has 26 heavy (non-hydrogen) atoms. The van der Waals surface area contributed by atoms with E-state index in [-0.39, 0.29) is 18.4 Å². The largest absolute Gasteiger partial charge is 0.467 e.